The third-order valence-corrected chi connectivity index (χ3v) is 2.04. The minimum absolute atomic E-state index is 0.359. The van der Waals surface area contributed by atoms with Crippen molar-refractivity contribution in [3.63, 3.8) is 0 Å². The molecule has 1 N–H and O–H groups in total. The highest BCUT2D eigenvalue weighted by atomic mass is 35.5. The zero-order valence-electron chi connectivity index (χ0n) is 7.14. The maximum absolute atomic E-state index is 8.56. The summed E-state index contributed by atoms with van der Waals surface area (Å²) in [6.07, 6.45) is 3.08. The van der Waals surface area contributed by atoms with Gasteiger partial charge in [-0.05, 0) is 12.1 Å². The molecule has 0 aliphatic rings. The standard InChI is InChI=1S/C8H6BClN2O2/c10-8-7-5(1-2-11-8)3-6(4-12-7)14-9-13/h1-4,9,13H. The normalized spacial score (nSPS) is 10.1. The molecule has 0 amide bonds. The van der Waals surface area contributed by atoms with E-state index in [1.807, 2.05) is 0 Å². The molecule has 0 spiro atoms. The number of pyridine rings is 2. The van der Waals surface area contributed by atoms with Gasteiger partial charge in [0.05, 0.1) is 6.20 Å². The Bertz CT molecular complexity index is 466. The van der Waals surface area contributed by atoms with Crippen LogP contribution in [0.4, 0.5) is 0 Å². The van der Waals surface area contributed by atoms with Crippen molar-refractivity contribution in [2.75, 3.05) is 0 Å². The summed E-state index contributed by atoms with van der Waals surface area (Å²) in [6.45, 7) is 0. The molecule has 0 fully saturated rings. The molecule has 0 unspecified atom stereocenters. The van der Waals surface area contributed by atoms with Crippen LogP contribution >= 0.6 is 11.6 Å². The van der Waals surface area contributed by atoms with E-state index in [0.29, 0.717) is 16.4 Å². The Morgan fingerprint density at radius 2 is 2.29 bits per heavy atom. The van der Waals surface area contributed by atoms with Gasteiger partial charge in [0.1, 0.15) is 11.3 Å². The molecule has 2 aromatic heterocycles. The fourth-order valence-electron chi connectivity index (χ4n) is 1.16. The second-order valence-electron chi connectivity index (χ2n) is 2.62. The molecule has 2 aromatic rings. The lowest BCUT2D eigenvalue weighted by Gasteiger charge is -2.03. The van der Waals surface area contributed by atoms with Gasteiger partial charge in [0.2, 0.25) is 0 Å². The van der Waals surface area contributed by atoms with Crippen molar-refractivity contribution in [1.82, 2.24) is 9.97 Å². The lowest BCUT2D eigenvalue weighted by Crippen LogP contribution is -2.00. The molecule has 70 valence electrons. The van der Waals surface area contributed by atoms with Crippen molar-refractivity contribution in [3.8, 4) is 5.75 Å². The highest BCUT2D eigenvalue weighted by Crippen LogP contribution is 2.22. The SMILES string of the molecule is OBOc1cnc2c(Cl)nccc2c1. The summed E-state index contributed by atoms with van der Waals surface area (Å²) < 4.78 is 4.88. The fraction of sp³-hybridized carbons (Fsp3) is 0. The second-order valence-corrected chi connectivity index (χ2v) is 2.98. The van der Waals surface area contributed by atoms with Crippen molar-refractivity contribution in [3.05, 3.63) is 29.7 Å². The monoisotopic (exact) mass is 208 g/mol. The van der Waals surface area contributed by atoms with Crippen molar-refractivity contribution in [2.45, 2.75) is 0 Å². The number of aromatic nitrogens is 2. The van der Waals surface area contributed by atoms with Crippen LogP contribution in [0.2, 0.25) is 5.15 Å². The Morgan fingerprint density at radius 1 is 1.43 bits per heavy atom. The Morgan fingerprint density at radius 3 is 3.07 bits per heavy atom. The average Bonchev–Trinajstić information content (AvgIpc) is 2.18. The molecular weight excluding hydrogens is 202 g/mol. The molecule has 0 aliphatic heterocycles. The predicted molar refractivity (Wildman–Crippen MR) is 54.5 cm³/mol. The summed E-state index contributed by atoms with van der Waals surface area (Å²) in [5.74, 6) is 0.502. The van der Waals surface area contributed by atoms with Crippen LogP contribution < -0.4 is 4.65 Å². The Hall–Kier alpha value is -1.33. The maximum atomic E-state index is 8.56. The zero-order chi connectivity index (χ0) is 9.97. The summed E-state index contributed by atoms with van der Waals surface area (Å²) in [6, 6.07) is 3.52. The van der Waals surface area contributed by atoms with Crippen molar-refractivity contribution in [2.24, 2.45) is 0 Å². The number of rotatable bonds is 2. The van der Waals surface area contributed by atoms with E-state index in [9.17, 15) is 0 Å². The van der Waals surface area contributed by atoms with Crippen LogP contribution in [0.25, 0.3) is 10.9 Å². The quantitative estimate of drug-likeness (QED) is 0.589. The molecular formula is C8H6BClN2O2. The lowest BCUT2D eigenvalue weighted by atomic mass is 10.2. The molecule has 0 saturated heterocycles. The molecule has 2 heterocycles. The highest BCUT2D eigenvalue weighted by Gasteiger charge is 2.02. The van der Waals surface area contributed by atoms with E-state index >= 15 is 0 Å². The van der Waals surface area contributed by atoms with Crippen LogP contribution in [0, 0.1) is 0 Å². The molecule has 6 heteroatoms. The fourth-order valence-corrected chi connectivity index (χ4v) is 1.37. The van der Waals surface area contributed by atoms with E-state index in [1.54, 1.807) is 18.3 Å². The van der Waals surface area contributed by atoms with Crippen molar-refractivity contribution < 1.29 is 9.68 Å². The van der Waals surface area contributed by atoms with Gasteiger partial charge in [0.25, 0.3) is 0 Å². The molecule has 14 heavy (non-hydrogen) atoms. The first-order chi connectivity index (χ1) is 6.81. The first-order valence-corrected chi connectivity index (χ1v) is 4.33. The van der Waals surface area contributed by atoms with E-state index < -0.39 is 0 Å². The van der Waals surface area contributed by atoms with Gasteiger partial charge in [-0.1, -0.05) is 11.6 Å². The van der Waals surface area contributed by atoms with E-state index in [-0.39, 0.29) is 7.69 Å². The molecule has 0 aliphatic carbocycles. The summed E-state index contributed by atoms with van der Waals surface area (Å²) in [4.78, 5) is 7.96. The van der Waals surface area contributed by atoms with Crippen LogP contribution in [0.15, 0.2) is 24.5 Å². The van der Waals surface area contributed by atoms with Gasteiger partial charge in [-0.25, -0.2) is 9.97 Å². The number of hydrogen-bond acceptors (Lipinski definition) is 4. The van der Waals surface area contributed by atoms with E-state index in [0.717, 1.165) is 5.39 Å². The number of halogens is 1. The van der Waals surface area contributed by atoms with E-state index in [2.05, 4.69) is 9.97 Å². The Labute approximate surface area is 85.8 Å². The number of fused-ring (bicyclic) bond motifs is 1. The average molecular weight is 208 g/mol. The van der Waals surface area contributed by atoms with Crippen LogP contribution in [0.3, 0.4) is 0 Å². The molecule has 0 radical (unpaired) electrons. The summed E-state index contributed by atoms with van der Waals surface area (Å²) in [7, 11) is -0.369. The molecule has 4 nitrogen and oxygen atoms in total. The van der Waals surface area contributed by atoms with Gasteiger partial charge >= 0.3 is 7.69 Å². The molecule has 0 atom stereocenters. The second kappa shape index (κ2) is 3.81. The third kappa shape index (κ3) is 1.64. The lowest BCUT2D eigenvalue weighted by molar-refractivity contribution is 0.453. The van der Waals surface area contributed by atoms with E-state index in [1.165, 1.54) is 6.20 Å². The number of hydrogen-bond donors (Lipinski definition) is 1. The highest BCUT2D eigenvalue weighted by molar-refractivity contribution is 6.33. The van der Waals surface area contributed by atoms with Gasteiger partial charge < -0.3 is 9.68 Å². The maximum Gasteiger partial charge on any atom is 0.504 e. The largest absolute Gasteiger partial charge is 0.538 e. The predicted octanol–water partition coefficient (Wildman–Crippen LogP) is 0.921. The minimum atomic E-state index is -0.369. The molecule has 2 rings (SSSR count). The molecule has 0 aromatic carbocycles. The molecule has 0 bridgehead atoms. The van der Waals surface area contributed by atoms with Gasteiger partial charge in [0.15, 0.2) is 5.15 Å². The Kier molecular flexibility index (Phi) is 2.52. The van der Waals surface area contributed by atoms with E-state index in [4.69, 9.17) is 21.3 Å². The van der Waals surface area contributed by atoms with Gasteiger partial charge in [-0.3, -0.25) is 0 Å². The molecule has 0 saturated carbocycles. The van der Waals surface area contributed by atoms with Gasteiger partial charge in [-0.2, -0.15) is 0 Å². The van der Waals surface area contributed by atoms with Gasteiger partial charge in [0, 0.05) is 11.6 Å². The summed E-state index contributed by atoms with van der Waals surface area (Å²) >= 11 is 5.82. The first-order valence-electron chi connectivity index (χ1n) is 3.95. The zero-order valence-corrected chi connectivity index (χ0v) is 7.90. The summed E-state index contributed by atoms with van der Waals surface area (Å²) in [5, 5.41) is 9.75. The van der Waals surface area contributed by atoms with Crippen LogP contribution in [-0.4, -0.2) is 22.7 Å². The summed E-state index contributed by atoms with van der Waals surface area (Å²) in [5.41, 5.74) is 0.624. The number of nitrogens with zero attached hydrogens (tertiary/aromatic N) is 2. The smallest absolute Gasteiger partial charge is 0.504 e. The van der Waals surface area contributed by atoms with Crippen LogP contribution in [0.1, 0.15) is 0 Å². The van der Waals surface area contributed by atoms with Gasteiger partial charge in [-0.15, -0.1) is 0 Å². The van der Waals surface area contributed by atoms with Crippen molar-refractivity contribution >= 4 is 30.2 Å². The minimum Gasteiger partial charge on any atom is -0.538 e. The van der Waals surface area contributed by atoms with Crippen molar-refractivity contribution in [1.29, 1.82) is 0 Å². The van der Waals surface area contributed by atoms with Crippen LogP contribution in [0.5, 0.6) is 5.75 Å². The van der Waals surface area contributed by atoms with Crippen LogP contribution in [-0.2, 0) is 0 Å². The Balaban J connectivity index is 2.56. The topological polar surface area (TPSA) is 55.2 Å². The first kappa shape index (κ1) is 9.24. The third-order valence-electron chi connectivity index (χ3n) is 1.76.